The van der Waals surface area contributed by atoms with Crippen LogP contribution in [0.2, 0.25) is 65.0 Å². The Morgan fingerprint density at radius 2 is 1.31 bits per heavy atom. The predicted octanol–water partition coefficient (Wildman–Crippen LogP) is 3.69. The van der Waals surface area contributed by atoms with E-state index in [-0.39, 0.29) is 13.2 Å². The molecule has 1 unspecified atom stereocenters. The number of carbonyl (C=O) groups excluding carboxylic acids is 2. The van der Waals surface area contributed by atoms with Crippen molar-refractivity contribution in [2.75, 3.05) is 19.8 Å². The first kappa shape index (κ1) is 31.2. The minimum absolute atomic E-state index is 0.275. The van der Waals surface area contributed by atoms with Gasteiger partial charge in [-0.25, -0.2) is 9.59 Å². The highest BCUT2D eigenvalue weighted by molar-refractivity contribution is 6.90. The number of amides is 1. The average molecular weight is 526 g/mol. The summed E-state index contributed by atoms with van der Waals surface area (Å²) in [6, 6.07) is 0.603. The van der Waals surface area contributed by atoms with Gasteiger partial charge >= 0.3 is 20.9 Å². The highest BCUT2D eigenvalue weighted by atomic mass is 28.5. The molecule has 0 aliphatic heterocycles. The number of aliphatic hydroxyl groups is 1. The molecule has 1 amide bonds. The van der Waals surface area contributed by atoms with E-state index in [1.54, 1.807) is 0 Å². The molecule has 0 spiro atoms. The van der Waals surface area contributed by atoms with Crippen LogP contribution >= 0.6 is 0 Å². The lowest BCUT2D eigenvalue weighted by molar-refractivity contribution is -0.141. The molecule has 0 bridgehead atoms. The van der Waals surface area contributed by atoms with Gasteiger partial charge in [0.05, 0.1) is 0 Å². The minimum atomic E-state index is -2.94. The van der Waals surface area contributed by atoms with E-state index in [0.717, 1.165) is 6.08 Å². The Morgan fingerprint density at radius 3 is 1.72 bits per heavy atom. The zero-order valence-corrected chi connectivity index (χ0v) is 25.2. The molecule has 1 atom stereocenters. The van der Waals surface area contributed by atoms with Crippen molar-refractivity contribution >= 4 is 45.8 Å². The molecule has 0 heterocycles. The van der Waals surface area contributed by atoms with Crippen LogP contribution in [0.3, 0.4) is 0 Å². The number of hydrogen-bond donors (Lipinski definition) is 2. The summed E-state index contributed by atoms with van der Waals surface area (Å²) in [6.45, 7) is 22.2. The topological polar surface area (TPSA) is 113 Å². The zero-order valence-electron chi connectivity index (χ0n) is 21.2. The molecule has 0 radical (unpaired) electrons. The van der Waals surface area contributed by atoms with Crippen LogP contribution in [0.25, 0.3) is 0 Å². The van der Waals surface area contributed by atoms with Crippen LogP contribution < -0.4 is 5.32 Å². The fourth-order valence-electron chi connectivity index (χ4n) is 2.62. The minimum Gasteiger partial charge on any atom is -0.460 e. The van der Waals surface area contributed by atoms with Crippen LogP contribution in [-0.4, -0.2) is 76.8 Å². The van der Waals surface area contributed by atoms with Crippen molar-refractivity contribution in [1.82, 2.24) is 5.32 Å². The molecule has 13 heteroatoms. The molecule has 188 valence electrons. The van der Waals surface area contributed by atoms with Gasteiger partial charge < -0.3 is 32.2 Å². The van der Waals surface area contributed by atoms with Gasteiger partial charge in [-0.2, -0.15) is 0 Å². The number of esters is 1. The van der Waals surface area contributed by atoms with Crippen LogP contribution in [0.5, 0.6) is 0 Å². The fourth-order valence-corrected chi connectivity index (χ4v) is 17.3. The lowest BCUT2D eigenvalue weighted by atomic mass is 10.4. The number of carbonyl (C=O) groups is 2. The van der Waals surface area contributed by atoms with E-state index in [0.29, 0.717) is 19.0 Å². The van der Waals surface area contributed by atoms with E-state index in [4.69, 9.17) is 21.8 Å². The number of ether oxygens (including phenoxy) is 2. The molecule has 0 aromatic carbocycles. The van der Waals surface area contributed by atoms with Crippen molar-refractivity contribution in [3.05, 3.63) is 12.7 Å². The quantitative estimate of drug-likeness (QED) is 0.144. The third-order valence-electron chi connectivity index (χ3n) is 3.31. The van der Waals surface area contributed by atoms with E-state index in [9.17, 15) is 14.7 Å². The van der Waals surface area contributed by atoms with Gasteiger partial charge in [-0.05, 0) is 65.3 Å². The summed E-state index contributed by atoms with van der Waals surface area (Å²) < 4.78 is 29.4. The van der Waals surface area contributed by atoms with Crippen LogP contribution in [0.15, 0.2) is 12.7 Å². The maximum Gasteiger partial charge on any atom is 0.469 e. The summed E-state index contributed by atoms with van der Waals surface area (Å²) in [5.41, 5.74) is 0. The van der Waals surface area contributed by atoms with Gasteiger partial charge in [0.2, 0.25) is 0 Å². The second kappa shape index (κ2) is 13.2. The summed E-state index contributed by atoms with van der Waals surface area (Å²) in [7, 11) is -8.77. The molecule has 0 saturated heterocycles. The maximum absolute atomic E-state index is 11.9. The SMILES string of the molecule is C=CC(=O)OCC(O)COC(=O)NCCC[Si](O[Si](C)(C)C)(O[Si](C)(C)C)O[Si](C)(C)C. The summed E-state index contributed by atoms with van der Waals surface area (Å²) in [6.07, 6.45) is -0.159. The van der Waals surface area contributed by atoms with Crippen molar-refractivity contribution in [2.24, 2.45) is 0 Å². The Bertz CT molecular complexity index is 573. The molecular formula is C19H43NO8Si4. The summed E-state index contributed by atoms with van der Waals surface area (Å²) >= 11 is 0. The van der Waals surface area contributed by atoms with Crippen molar-refractivity contribution < 1.29 is 36.5 Å². The largest absolute Gasteiger partial charge is 0.469 e. The number of rotatable bonds is 15. The monoisotopic (exact) mass is 525 g/mol. The van der Waals surface area contributed by atoms with E-state index in [1.807, 2.05) is 0 Å². The fraction of sp³-hybridized carbons (Fsp3) is 0.789. The Hall–Kier alpha value is -0.812. The highest BCUT2D eigenvalue weighted by Crippen LogP contribution is 2.29. The molecular weight excluding hydrogens is 483 g/mol. The zero-order chi connectivity index (χ0) is 25.2. The van der Waals surface area contributed by atoms with Gasteiger partial charge in [0, 0.05) is 18.7 Å². The van der Waals surface area contributed by atoms with Gasteiger partial charge in [-0.15, -0.1) is 0 Å². The number of aliphatic hydroxyl groups excluding tert-OH is 1. The van der Waals surface area contributed by atoms with Gasteiger partial charge in [0.1, 0.15) is 19.3 Å². The normalized spacial score (nSPS) is 13.9. The lowest BCUT2D eigenvalue weighted by Crippen LogP contribution is -2.60. The predicted molar refractivity (Wildman–Crippen MR) is 135 cm³/mol. The molecule has 0 aromatic rings. The third kappa shape index (κ3) is 16.8. The molecule has 9 nitrogen and oxygen atoms in total. The first-order valence-corrected chi connectivity index (χ1v) is 23.0. The number of alkyl carbamates (subject to hydrolysis) is 1. The number of hydrogen-bond acceptors (Lipinski definition) is 8. The Labute approximate surface area is 197 Å². The van der Waals surface area contributed by atoms with Crippen molar-refractivity contribution in [3.8, 4) is 0 Å². The molecule has 0 aliphatic rings. The molecule has 0 aliphatic carbocycles. The van der Waals surface area contributed by atoms with Crippen LogP contribution in [0, 0.1) is 0 Å². The Morgan fingerprint density at radius 1 is 0.875 bits per heavy atom. The van der Waals surface area contributed by atoms with E-state index in [2.05, 4.69) is 70.8 Å². The maximum atomic E-state index is 11.9. The molecule has 0 aromatic heterocycles. The van der Waals surface area contributed by atoms with Crippen molar-refractivity contribution in [1.29, 1.82) is 0 Å². The van der Waals surface area contributed by atoms with Gasteiger partial charge in [0.25, 0.3) is 0 Å². The summed E-state index contributed by atoms with van der Waals surface area (Å²) in [5, 5.41) is 12.4. The van der Waals surface area contributed by atoms with Gasteiger partial charge in [-0.1, -0.05) is 6.58 Å². The smallest absolute Gasteiger partial charge is 0.460 e. The molecule has 2 N–H and O–H groups in total. The number of nitrogens with one attached hydrogen (secondary N) is 1. The molecule has 0 saturated carbocycles. The molecule has 32 heavy (non-hydrogen) atoms. The first-order valence-electron chi connectivity index (χ1n) is 10.8. The Kier molecular flexibility index (Phi) is 12.8. The van der Waals surface area contributed by atoms with E-state index < -0.39 is 51.9 Å². The standard InChI is InChI=1S/C19H43NO8Si4/c1-11-18(22)24-15-17(21)16-25-19(23)20-13-12-14-32(26-29(2,3)4,27-30(5,6)7)28-31(8,9)10/h11,17,21H,1,12-16H2,2-10H3,(H,20,23). The van der Waals surface area contributed by atoms with Crippen molar-refractivity contribution in [3.63, 3.8) is 0 Å². The van der Waals surface area contributed by atoms with Crippen molar-refractivity contribution in [2.45, 2.75) is 77.5 Å². The third-order valence-corrected chi connectivity index (χ3v) is 15.4. The molecule has 0 fully saturated rings. The van der Waals surface area contributed by atoms with Crippen LogP contribution in [0.4, 0.5) is 4.79 Å². The van der Waals surface area contributed by atoms with E-state index in [1.165, 1.54) is 0 Å². The van der Waals surface area contributed by atoms with E-state index >= 15 is 0 Å². The summed E-state index contributed by atoms with van der Waals surface area (Å²) in [4.78, 5) is 22.9. The first-order chi connectivity index (χ1) is 14.4. The average Bonchev–Trinajstić information content (AvgIpc) is 2.56. The van der Waals surface area contributed by atoms with Crippen LogP contribution in [-0.2, 0) is 26.6 Å². The summed E-state index contributed by atoms with van der Waals surface area (Å²) in [5.74, 6) is -0.650. The van der Waals surface area contributed by atoms with Gasteiger partial charge in [-0.3, -0.25) is 0 Å². The van der Waals surface area contributed by atoms with Gasteiger partial charge in [0.15, 0.2) is 25.0 Å². The Balaban J connectivity index is 4.84. The second-order valence-corrected chi connectivity index (χ2v) is 27.4. The lowest BCUT2D eigenvalue weighted by Gasteiger charge is -2.42. The van der Waals surface area contributed by atoms with Crippen LogP contribution in [0.1, 0.15) is 6.42 Å². The molecule has 0 rings (SSSR count). The highest BCUT2D eigenvalue weighted by Gasteiger charge is 2.49. The second-order valence-electron chi connectivity index (χ2n) is 10.4.